The summed E-state index contributed by atoms with van der Waals surface area (Å²) in [5.74, 6) is 1.85. The van der Waals surface area contributed by atoms with Gasteiger partial charge in [0, 0.05) is 18.1 Å². The molecule has 0 saturated heterocycles. The van der Waals surface area contributed by atoms with Crippen molar-refractivity contribution in [3.63, 3.8) is 0 Å². The summed E-state index contributed by atoms with van der Waals surface area (Å²) < 4.78 is 22.8. The van der Waals surface area contributed by atoms with Crippen LogP contribution >= 0.6 is 0 Å². The number of hydrogen-bond acceptors (Lipinski definition) is 5. The highest BCUT2D eigenvalue weighted by molar-refractivity contribution is 5.94. The molecule has 0 aliphatic heterocycles. The van der Waals surface area contributed by atoms with Gasteiger partial charge in [-0.05, 0) is 30.3 Å². The molecule has 0 saturated carbocycles. The van der Waals surface area contributed by atoms with Crippen molar-refractivity contribution >= 4 is 11.6 Å². The number of nitrogens with one attached hydrogen (secondary N) is 1. The molecule has 3 rings (SSSR count). The number of anilines is 1. The van der Waals surface area contributed by atoms with Crippen molar-refractivity contribution in [2.75, 3.05) is 38.3 Å². The average Bonchev–Trinajstić information content (AvgIpc) is 2.86. The summed E-state index contributed by atoms with van der Waals surface area (Å²) in [5.41, 5.74) is 1.36. The maximum atomic E-state index is 12.0. The standard InChI is InChI=1S/C27H28N2O5/c1-28-20-27(30)29-26-19-25(33-16-8-15-32-23-9-4-2-5-10-23)14-13-22(26)21-31-17-18-34-24-11-6-3-7-12-24/h2-7,9-14,19H,8,15-18,20-21H2,(H,29,30). The fraction of sp³-hybridized carbons (Fsp3) is 0.259. The third kappa shape index (κ3) is 8.85. The van der Waals surface area contributed by atoms with E-state index in [-0.39, 0.29) is 19.1 Å². The molecule has 7 nitrogen and oxygen atoms in total. The number of carbonyl (C=O) groups excluding carboxylic acids is 1. The van der Waals surface area contributed by atoms with Crippen LogP contribution < -0.4 is 19.5 Å². The normalized spacial score (nSPS) is 10.2. The van der Waals surface area contributed by atoms with E-state index in [4.69, 9.17) is 25.5 Å². The molecule has 1 N–H and O–H groups in total. The van der Waals surface area contributed by atoms with Crippen LogP contribution in [0.5, 0.6) is 17.2 Å². The van der Waals surface area contributed by atoms with Gasteiger partial charge >= 0.3 is 5.91 Å². The molecule has 0 aliphatic carbocycles. The molecule has 3 aromatic carbocycles. The summed E-state index contributed by atoms with van der Waals surface area (Å²) in [4.78, 5) is 15.1. The Labute approximate surface area is 200 Å². The van der Waals surface area contributed by atoms with Crippen molar-refractivity contribution in [2.24, 2.45) is 0 Å². The summed E-state index contributed by atoms with van der Waals surface area (Å²) in [6.45, 7) is 8.76. The molecule has 0 spiro atoms. The zero-order valence-corrected chi connectivity index (χ0v) is 18.9. The van der Waals surface area contributed by atoms with Gasteiger partial charge in [0.05, 0.1) is 32.1 Å². The van der Waals surface area contributed by atoms with Crippen LogP contribution in [0.2, 0.25) is 0 Å². The minimum Gasteiger partial charge on any atom is -0.493 e. The lowest BCUT2D eigenvalue weighted by molar-refractivity contribution is -0.114. The number of benzene rings is 3. The Balaban J connectivity index is 1.47. The maximum absolute atomic E-state index is 12.0. The first-order chi connectivity index (χ1) is 16.7. The van der Waals surface area contributed by atoms with Crippen molar-refractivity contribution in [3.05, 3.63) is 95.8 Å². The average molecular weight is 461 g/mol. The van der Waals surface area contributed by atoms with Crippen LogP contribution in [-0.4, -0.2) is 38.9 Å². The lowest BCUT2D eigenvalue weighted by atomic mass is 10.1. The fourth-order valence-corrected chi connectivity index (χ4v) is 3.02. The van der Waals surface area contributed by atoms with Crippen LogP contribution in [0.4, 0.5) is 5.69 Å². The van der Waals surface area contributed by atoms with Gasteiger partial charge in [-0.25, -0.2) is 6.57 Å². The first kappa shape index (κ1) is 24.6. The summed E-state index contributed by atoms with van der Waals surface area (Å²) >= 11 is 0. The van der Waals surface area contributed by atoms with E-state index in [1.807, 2.05) is 72.8 Å². The zero-order valence-electron chi connectivity index (χ0n) is 18.9. The van der Waals surface area contributed by atoms with Crippen LogP contribution in [0, 0.1) is 6.57 Å². The van der Waals surface area contributed by atoms with Crippen molar-refractivity contribution in [2.45, 2.75) is 13.0 Å². The van der Waals surface area contributed by atoms with Gasteiger partial charge in [0.25, 0.3) is 6.54 Å². The predicted molar refractivity (Wildman–Crippen MR) is 130 cm³/mol. The summed E-state index contributed by atoms with van der Waals surface area (Å²) in [6.07, 6.45) is 0.709. The molecule has 7 heteroatoms. The molecule has 0 aromatic heterocycles. The molecule has 0 bridgehead atoms. The molecule has 0 unspecified atom stereocenters. The fourth-order valence-electron chi connectivity index (χ4n) is 3.02. The van der Waals surface area contributed by atoms with E-state index in [0.29, 0.717) is 44.3 Å². The maximum Gasteiger partial charge on any atom is 0.304 e. The van der Waals surface area contributed by atoms with E-state index in [1.165, 1.54) is 0 Å². The van der Waals surface area contributed by atoms with Gasteiger partial charge in [0.15, 0.2) is 0 Å². The second-order valence-electron chi connectivity index (χ2n) is 7.26. The largest absolute Gasteiger partial charge is 0.493 e. The van der Waals surface area contributed by atoms with Crippen LogP contribution in [0.1, 0.15) is 12.0 Å². The molecule has 34 heavy (non-hydrogen) atoms. The first-order valence-corrected chi connectivity index (χ1v) is 11.1. The molecule has 0 aliphatic rings. The molecule has 0 radical (unpaired) electrons. The molecular weight excluding hydrogens is 432 g/mol. The van der Waals surface area contributed by atoms with Gasteiger partial charge in [0.1, 0.15) is 23.9 Å². The van der Waals surface area contributed by atoms with Crippen molar-refractivity contribution < 1.29 is 23.7 Å². The summed E-state index contributed by atoms with van der Waals surface area (Å²) in [6, 6.07) is 24.6. The molecule has 1 amide bonds. The van der Waals surface area contributed by atoms with Gasteiger partial charge in [-0.1, -0.05) is 42.5 Å². The van der Waals surface area contributed by atoms with Crippen LogP contribution in [-0.2, 0) is 16.1 Å². The SMILES string of the molecule is [C-]#[N+]CC(=O)Nc1cc(OCCCOc2ccccc2)ccc1COCCOc1ccccc1. The Morgan fingerprint density at radius 3 is 2.03 bits per heavy atom. The number of rotatable bonds is 14. The van der Waals surface area contributed by atoms with E-state index < -0.39 is 0 Å². The predicted octanol–water partition coefficient (Wildman–Crippen LogP) is 4.99. The number of para-hydroxylation sites is 2. The molecule has 0 atom stereocenters. The topological polar surface area (TPSA) is 70.4 Å². The smallest absolute Gasteiger partial charge is 0.304 e. The second-order valence-corrected chi connectivity index (χ2v) is 7.26. The molecule has 3 aromatic rings. The van der Waals surface area contributed by atoms with Gasteiger partial charge < -0.3 is 29.1 Å². The Bertz CT molecular complexity index is 1050. The number of ether oxygens (including phenoxy) is 4. The van der Waals surface area contributed by atoms with Gasteiger partial charge in [-0.15, -0.1) is 0 Å². The number of hydrogen-bond donors (Lipinski definition) is 1. The Hall–Kier alpha value is -4.02. The summed E-state index contributed by atoms with van der Waals surface area (Å²) in [7, 11) is 0. The lowest BCUT2D eigenvalue weighted by Gasteiger charge is -2.14. The minimum atomic E-state index is -0.378. The van der Waals surface area contributed by atoms with Gasteiger partial charge in [-0.2, -0.15) is 0 Å². The lowest BCUT2D eigenvalue weighted by Crippen LogP contribution is -2.16. The number of nitrogens with zero attached hydrogens (tertiary/aromatic N) is 1. The number of carbonyl (C=O) groups is 1. The van der Waals surface area contributed by atoms with Crippen LogP contribution in [0.15, 0.2) is 78.9 Å². The zero-order chi connectivity index (χ0) is 23.8. The monoisotopic (exact) mass is 460 g/mol. The van der Waals surface area contributed by atoms with Gasteiger partial charge in [-0.3, -0.25) is 4.79 Å². The third-order valence-corrected chi connectivity index (χ3v) is 4.64. The third-order valence-electron chi connectivity index (χ3n) is 4.64. The molecule has 0 fully saturated rings. The van der Waals surface area contributed by atoms with Gasteiger partial charge in [0.2, 0.25) is 0 Å². The highest BCUT2D eigenvalue weighted by Gasteiger charge is 2.11. The highest BCUT2D eigenvalue weighted by Crippen LogP contribution is 2.24. The van der Waals surface area contributed by atoms with E-state index in [9.17, 15) is 4.79 Å². The van der Waals surface area contributed by atoms with Crippen molar-refractivity contribution in [1.82, 2.24) is 0 Å². The molecule has 0 heterocycles. The Kier molecular flexibility index (Phi) is 10.3. The van der Waals surface area contributed by atoms with E-state index in [0.717, 1.165) is 17.1 Å². The van der Waals surface area contributed by atoms with Crippen LogP contribution in [0.3, 0.4) is 0 Å². The minimum absolute atomic E-state index is 0.243. The Morgan fingerprint density at radius 2 is 1.38 bits per heavy atom. The first-order valence-electron chi connectivity index (χ1n) is 11.1. The quantitative estimate of drug-likeness (QED) is 0.271. The summed E-state index contributed by atoms with van der Waals surface area (Å²) in [5, 5.41) is 2.77. The second kappa shape index (κ2) is 14.2. The van der Waals surface area contributed by atoms with Crippen molar-refractivity contribution in [1.29, 1.82) is 0 Å². The molecular formula is C27H28N2O5. The number of amides is 1. The van der Waals surface area contributed by atoms with E-state index in [1.54, 1.807) is 6.07 Å². The highest BCUT2D eigenvalue weighted by atomic mass is 16.5. The van der Waals surface area contributed by atoms with Crippen LogP contribution in [0.25, 0.3) is 4.85 Å². The van der Waals surface area contributed by atoms with Crippen molar-refractivity contribution in [3.8, 4) is 17.2 Å². The van der Waals surface area contributed by atoms with E-state index >= 15 is 0 Å². The Morgan fingerprint density at radius 1 is 0.765 bits per heavy atom. The molecule has 176 valence electrons. The van der Waals surface area contributed by atoms with E-state index in [2.05, 4.69) is 10.2 Å².